The number of para-hydroxylation sites is 3. The summed E-state index contributed by atoms with van der Waals surface area (Å²) in [6.07, 6.45) is 4.03. The first kappa shape index (κ1) is 33.5. The average Bonchev–Trinajstić information content (AvgIpc) is 3.85. The Morgan fingerprint density at radius 2 is 1.10 bits per heavy atom. The van der Waals surface area contributed by atoms with Crippen LogP contribution in [0.2, 0.25) is 0 Å². The third-order valence-electron chi connectivity index (χ3n) is 12.3. The number of anilines is 2. The lowest BCUT2D eigenvalue weighted by Crippen LogP contribution is -2.20. The second-order valence-electron chi connectivity index (χ2n) is 15.6. The second-order valence-corrected chi connectivity index (χ2v) is 15.6. The molecule has 9 aromatic carbocycles. The van der Waals surface area contributed by atoms with Gasteiger partial charge >= 0.3 is 0 Å². The normalized spacial score (nSPS) is 12.7. The van der Waals surface area contributed by atoms with Crippen LogP contribution in [0.15, 0.2) is 210 Å². The van der Waals surface area contributed by atoms with E-state index in [0.29, 0.717) is 0 Å². The fourth-order valence-electron chi connectivity index (χ4n) is 9.62. The summed E-state index contributed by atoms with van der Waals surface area (Å²) < 4.78 is 9.02. The van der Waals surface area contributed by atoms with Crippen molar-refractivity contribution in [3.8, 4) is 27.9 Å². The molecule has 0 spiro atoms. The minimum Gasteiger partial charge on any atom is -0.456 e. The van der Waals surface area contributed by atoms with Gasteiger partial charge in [-0.2, -0.15) is 0 Å². The van der Waals surface area contributed by atoms with E-state index in [1.165, 1.54) is 76.7 Å². The fraction of sp³-hybridized carbons (Fsp3) is 0.0357. The molecule has 12 rings (SSSR count). The van der Waals surface area contributed by atoms with E-state index in [4.69, 9.17) is 4.42 Å². The molecule has 59 heavy (non-hydrogen) atoms. The van der Waals surface area contributed by atoms with Gasteiger partial charge in [0.1, 0.15) is 11.3 Å². The lowest BCUT2D eigenvalue weighted by molar-refractivity contribution is 0.593. The van der Waals surface area contributed by atoms with Crippen LogP contribution in [0.4, 0.5) is 11.4 Å². The van der Waals surface area contributed by atoms with E-state index in [9.17, 15) is 0 Å². The molecule has 0 aliphatic heterocycles. The van der Waals surface area contributed by atoms with Gasteiger partial charge in [-0.15, -0.1) is 0 Å². The molecule has 0 saturated carbocycles. The van der Waals surface area contributed by atoms with Gasteiger partial charge in [0.2, 0.25) is 0 Å². The highest BCUT2D eigenvalue weighted by atomic mass is 16.3. The second kappa shape index (κ2) is 13.5. The Labute approximate surface area is 342 Å². The first-order valence-corrected chi connectivity index (χ1v) is 20.5. The van der Waals surface area contributed by atoms with Crippen molar-refractivity contribution in [2.45, 2.75) is 12.8 Å². The first-order chi connectivity index (χ1) is 29.3. The van der Waals surface area contributed by atoms with E-state index in [1.807, 2.05) is 0 Å². The van der Waals surface area contributed by atoms with E-state index >= 15 is 0 Å². The topological polar surface area (TPSA) is 21.3 Å². The summed E-state index contributed by atoms with van der Waals surface area (Å²) in [6, 6.07) is 72.8. The Balaban J connectivity index is 1.13. The SMILES string of the molecule is C1=C(N(c2cccc(-n3c4ccccc4c4ccccc43)c2)c2cc(-c3cc4ccccc4c4ccccc34)ccc2-c2ccccc2)CCc2c1oc1ccccc21. The van der Waals surface area contributed by atoms with Crippen LogP contribution in [0, 0.1) is 0 Å². The number of aromatic nitrogens is 1. The Kier molecular flexibility index (Phi) is 7.67. The summed E-state index contributed by atoms with van der Waals surface area (Å²) in [5.41, 5.74) is 13.8. The lowest BCUT2D eigenvalue weighted by atomic mass is 9.91. The molecule has 0 bridgehead atoms. The molecule has 0 N–H and O–H groups in total. The number of furan rings is 1. The first-order valence-electron chi connectivity index (χ1n) is 20.5. The Bertz CT molecular complexity index is 3400. The van der Waals surface area contributed by atoms with Gasteiger partial charge < -0.3 is 13.9 Å². The highest BCUT2D eigenvalue weighted by Gasteiger charge is 2.26. The molecule has 0 saturated heterocycles. The predicted molar refractivity (Wildman–Crippen MR) is 248 cm³/mol. The standard InChI is InChI=1S/C56H38N2O/c1-2-15-37(16-3-1)44-31-29-39(51-33-38-17-4-5-20-43(38)45-21-6-7-22-46(45)51)34-54(44)57(42-30-32-50-49-25-10-13-28-55(49)59-56(50)36-42)40-18-14-19-41(35-40)58-52-26-11-8-23-47(52)48-24-9-12-27-53(48)58/h1-29,31,33-36H,30,32H2. The highest BCUT2D eigenvalue weighted by Crippen LogP contribution is 2.46. The molecule has 3 heteroatoms. The van der Waals surface area contributed by atoms with Crippen LogP contribution in [0.1, 0.15) is 17.7 Å². The molecule has 11 aromatic rings. The summed E-state index contributed by atoms with van der Waals surface area (Å²) >= 11 is 0. The van der Waals surface area contributed by atoms with Crippen LogP contribution in [-0.2, 0) is 6.42 Å². The number of hydrogen-bond acceptors (Lipinski definition) is 2. The molecule has 0 amide bonds. The summed E-state index contributed by atoms with van der Waals surface area (Å²) in [5.74, 6) is 0.939. The largest absolute Gasteiger partial charge is 0.456 e. The zero-order valence-electron chi connectivity index (χ0n) is 32.3. The number of benzene rings is 9. The quantitative estimate of drug-likeness (QED) is 0.158. The predicted octanol–water partition coefficient (Wildman–Crippen LogP) is 15.3. The van der Waals surface area contributed by atoms with Crippen molar-refractivity contribution in [2.24, 2.45) is 0 Å². The Morgan fingerprint density at radius 3 is 1.90 bits per heavy atom. The maximum absolute atomic E-state index is 6.61. The minimum absolute atomic E-state index is 0.855. The molecule has 2 aromatic heterocycles. The van der Waals surface area contributed by atoms with Crippen molar-refractivity contribution < 1.29 is 4.42 Å². The molecule has 3 nitrogen and oxygen atoms in total. The van der Waals surface area contributed by atoms with E-state index in [1.54, 1.807) is 0 Å². The molecule has 0 fully saturated rings. The molecular formula is C56H38N2O. The van der Waals surface area contributed by atoms with Crippen LogP contribution in [0.25, 0.3) is 88.3 Å². The fourth-order valence-corrected chi connectivity index (χ4v) is 9.62. The number of nitrogens with zero attached hydrogens (tertiary/aromatic N) is 2. The third-order valence-corrected chi connectivity index (χ3v) is 12.3. The van der Waals surface area contributed by atoms with Gasteiger partial charge in [-0.25, -0.2) is 0 Å². The number of hydrogen-bond donors (Lipinski definition) is 0. The van der Waals surface area contributed by atoms with Gasteiger partial charge in [0.25, 0.3) is 0 Å². The van der Waals surface area contributed by atoms with Gasteiger partial charge in [0.15, 0.2) is 0 Å². The van der Waals surface area contributed by atoms with Crippen LogP contribution >= 0.6 is 0 Å². The number of aryl methyl sites for hydroxylation is 1. The molecule has 1 aliphatic carbocycles. The van der Waals surface area contributed by atoms with Crippen molar-refractivity contribution >= 4 is 71.8 Å². The molecule has 2 heterocycles. The zero-order valence-corrected chi connectivity index (χ0v) is 32.3. The van der Waals surface area contributed by atoms with Crippen molar-refractivity contribution in [1.29, 1.82) is 0 Å². The van der Waals surface area contributed by atoms with Crippen molar-refractivity contribution in [3.05, 3.63) is 217 Å². The van der Waals surface area contributed by atoms with Gasteiger partial charge in [-0.05, 0) is 99.6 Å². The molecule has 0 atom stereocenters. The van der Waals surface area contributed by atoms with Crippen LogP contribution in [0.5, 0.6) is 0 Å². The maximum atomic E-state index is 6.61. The maximum Gasteiger partial charge on any atom is 0.135 e. The molecular weight excluding hydrogens is 717 g/mol. The third kappa shape index (κ3) is 5.43. The lowest BCUT2D eigenvalue weighted by Gasteiger charge is -2.32. The Morgan fingerprint density at radius 1 is 0.441 bits per heavy atom. The summed E-state index contributed by atoms with van der Waals surface area (Å²) in [7, 11) is 0. The number of fused-ring (bicyclic) bond motifs is 9. The minimum atomic E-state index is 0.855. The van der Waals surface area contributed by atoms with Gasteiger partial charge in [-0.1, -0.05) is 152 Å². The van der Waals surface area contributed by atoms with E-state index < -0.39 is 0 Å². The van der Waals surface area contributed by atoms with Crippen molar-refractivity contribution in [1.82, 2.24) is 4.57 Å². The van der Waals surface area contributed by atoms with Gasteiger partial charge in [0, 0.05) is 50.4 Å². The van der Waals surface area contributed by atoms with E-state index in [-0.39, 0.29) is 0 Å². The highest BCUT2D eigenvalue weighted by molar-refractivity contribution is 6.14. The van der Waals surface area contributed by atoms with Crippen molar-refractivity contribution in [2.75, 3.05) is 4.90 Å². The summed E-state index contributed by atoms with van der Waals surface area (Å²) in [5, 5.41) is 8.71. The number of rotatable bonds is 6. The van der Waals surface area contributed by atoms with E-state index in [0.717, 1.165) is 46.8 Å². The molecule has 278 valence electrons. The van der Waals surface area contributed by atoms with Crippen LogP contribution in [0.3, 0.4) is 0 Å². The zero-order chi connectivity index (χ0) is 38.9. The van der Waals surface area contributed by atoms with Gasteiger partial charge in [0.05, 0.1) is 16.7 Å². The molecule has 0 unspecified atom stereocenters. The number of allylic oxidation sites excluding steroid dienone is 1. The summed E-state index contributed by atoms with van der Waals surface area (Å²) in [6.45, 7) is 0. The van der Waals surface area contributed by atoms with Crippen LogP contribution < -0.4 is 4.90 Å². The molecule has 1 aliphatic rings. The van der Waals surface area contributed by atoms with E-state index in [2.05, 4.69) is 216 Å². The van der Waals surface area contributed by atoms with Crippen molar-refractivity contribution in [3.63, 3.8) is 0 Å². The monoisotopic (exact) mass is 754 g/mol. The smallest absolute Gasteiger partial charge is 0.135 e. The summed E-state index contributed by atoms with van der Waals surface area (Å²) in [4.78, 5) is 2.50. The molecule has 0 radical (unpaired) electrons. The Hall–Kier alpha value is -7.62. The van der Waals surface area contributed by atoms with Gasteiger partial charge in [-0.3, -0.25) is 0 Å². The van der Waals surface area contributed by atoms with Crippen LogP contribution in [-0.4, -0.2) is 4.57 Å². The average molecular weight is 755 g/mol.